The lowest BCUT2D eigenvalue weighted by Gasteiger charge is -2.41. The van der Waals surface area contributed by atoms with E-state index in [1.807, 2.05) is 6.92 Å². The Bertz CT molecular complexity index is 823. The first-order chi connectivity index (χ1) is 19.9. The number of allylic oxidation sites excluding steroid dienone is 2. The van der Waals surface area contributed by atoms with Crippen molar-refractivity contribution in [3.8, 4) is 0 Å². The van der Waals surface area contributed by atoms with Crippen molar-refractivity contribution >= 4 is 19.8 Å². The fraction of sp³-hybridized carbons (Fsp3) is 0.857. The maximum Gasteiger partial charge on any atom is 0.472 e. The SMILES string of the molecule is CCCC/C=C\CCCCCCCC(=O)OC(COC(=O)CCCC)COP(=O)(O)OC1C(O)C(O)C(O)C(O)C1O. The fourth-order valence-electron chi connectivity index (χ4n) is 4.24. The Hall–Kier alpha value is -1.41. The molecule has 42 heavy (non-hydrogen) atoms. The third-order valence-electron chi connectivity index (χ3n) is 6.86. The van der Waals surface area contributed by atoms with Gasteiger partial charge in [0, 0.05) is 12.8 Å². The Morgan fingerprint density at radius 1 is 0.714 bits per heavy atom. The van der Waals surface area contributed by atoms with Crippen molar-refractivity contribution in [2.45, 2.75) is 140 Å². The second-order valence-electron chi connectivity index (χ2n) is 10.6. The molecule has 14 heteroatoms. The summed E-state index contributed by atoms with van der Waals surface area (Å²) in [6.07, 6.45) is 1.82. The predicted octanol–water partition coefficient (Wildman–Crippen LogP) is 2.43. The first kappa shape index (κ1) is 38.6. The summed E-state index contributed by atoms with van der Waals surface area (Å²) in [5.74, 6) is -1.16. The van der Waals surface area contributed by atoms with Gasteiger partial charge in [-0.1, -0.05) is 64.5 Å². The van der Waals surface area contributed by atoms with Gasteiger partial charge in [0.1, 0.15) is 43.2 Å². The molecule has 0 heterocycles. The van der Waals surface area contributed by atoms with Crippen molar-refractivity contribution in [1.29, 1.82) is 0 Å². The molecule has 6 unspecified atom stereocenters. The molecule has 1 rings (SSSR count). The average Bonchev–Trinajstić information content (AvgIpc) is 2.96. The lowest BCUT2D eigenvalue weighted by molar-refractivity contribution is -0.220. The zero-order valence-corrected chi connectivity index (χ0v) is 25.7. The number of esters is 2. The summed E-state index contributed by atoms with van der Waals surface area (Å²) in [7, 11) is -5.08. The van der Waals surface area contributed by atoms with Crippen LogP contribution < -0.4 is 0 Å². The molecule has 13 nitrogen and oxygen atoms in total. The van der Waals surface area contributed by atoms with Crippen molar-refractivity contribution in [3.63, 3.8) is 0 Å². The van der Waals surface area contributed by atoms with Gasteiger partial charge in [0.25, 0.3) is 0 Å². The van der Waals surface area contributed by atoms with Gasteiger partial charge >= 0.3 is 19.8 Å². The van der Waals surface area contributed by atoms with Crippen molar-refractivity contribution in [2.75, 3.05) is 13.2 Å². The van der Waals surface area contributed by atoms with Crippen LogP contribution in [0.15, 0.2) is 12.2 Å². The van der Waals surface area contributed by atoms with Gasteiger partial charge < -0.3 is 39.9 Å². The van der Waals surface area contributed by atoms with Crippen LogP contribution in [-0.2, 0) is 32.7 Å². The van der Waals surface area contributed by atoms with E-state index >= 15 is 0 Å². The van der Waals surface area contributed by atoms with Crippen LogP contribution >= 0.6 is 7.82 Å². The summed E-state index contributed by atoms with van der Waals surface area (Å²) in [6, 6.07) is 0. The third kappa shape index (κ3) is 15.4. The Morgan fingerprint density at radius 2 is 1.24 bits per heavy atom. The van der Waals surface area contributed by atoms with Crippen LogP contribution in [0.1, 0.15) is 97.3 Å². The molecule has 1 saturated carbocycles. The van der Waals surface area contributed by atoms with Gasteiger partial charge in [-0.2, -0.15) is 0 Å². The number of carbonyl (C=O) groups is 2. The van der Waals surface area contributed by atoms with Crippen LogP contribution in [0.2, 0.25) is 0 Å². The molecule has 0 amide bonds. The monoisotopic (exact) mass is 626 g/mol. The van der Waals surface area contributed by atoms with E-state index in [1.54, 1.807) is 0 Å². The van der Waals surface area contributed by atoms with Crippen molar-refractivity contribution in [1.82, 2.24) is 0 Å². The molecule has 0 aromatic rings. The smallest absolute Gasteiger partial charge is 0.462 e. The highest BCUT2D eigenvalue weighted by Gasteiger charge is 2.51. The molecule has 0 aliphatic heterocycles. The number of phosphoric ester groups is 1. The van der Waals surface area contributed by atoms with Crippen LogP contribution in [0.25, 0.3) is 0 Å². The summed E-state index contributed by atoms with van der Waals surface area (Å²) in [4.78, 5) is 34.5. The molecule has 0 spiro atoms. The zero-order valence-electron chi connectivity index (χ0n) is 24.8. The van der Waals surface area contributed by atoms with Crippen molar-refractivity contribution < 1.29 is 63.1 Å². The Balaban J connectivity index is 2.58. The van der Waals surface area contributed by atoms with E-state index in [9.17, 15) is 44.6 Å². The van der Waals surface area contributed by atoms with E-state index in [-0.39, 0.29) is 12.8 Å². The van der Waals surface area contributed by atoms with E-state index in [4.69, 9.17) is 18.5 Å². The summed E-state index contributed by atoms with van der Waals surface area (Å²) in [5.41, 5.74) is 0. The lowest BCUT2D eigenvalue weighted by Crippen LogP contribution is -2.64. The molecule has 6 N–H and O–H groups in total. The summed E-state index contributed by atoms with van der Waals surface area (Å²) in [6.45, 7) is 2.88. The molecule has 1 fully saturated rings. The maximum absolute atomic E-state index is 12.5. The molecule has 0 aromatic heterocycles. The van der Waals surface area contributed by atoms with Gasteiger partial charge in [0.05, 0.1) is 6.61 Å². The molecular formula is C28H51O13P. The lowest BCUT2D eigenvalue weighted by atomic mass is 9.85. The van der Waals surface area contributed by atoms with E-state index < -0.39 is 75.7 Å². The van der Waals surface area contributed by atoms with E-state index in [0.717, 1.165) is 44.9 Å². The van der Waals surface area contributed by atoms with Gasteiger partial charge in [-0.3, -0.25) is 18.6 Å². The van der Waals surface area contributed by atoms with Gasteiger partial charge in [0.2, 0.25) is 0 Å². The Morgan fingerprint density at radius 3 is 1.86 bits per heavy atom. The highest BCUT2D eigenvalue weighted by Crippen LogP contribution is 2.47. The quantitative estimate of drug-likeness (QED) is 0.0442. The molecule has 246 valence electrons. The highest BCUT2D eigenvalue weighted by molar-refractivity contribution is 7.47. The fourth-order valence-corrected chi connectivity index (χ4v) is 5.22. The van der Waals surface area contributed by atoms with Gasteiger partial charge in [-0.15, -0.1) is 0 Å². The minimum absolute atomic E-state index is 0.0864. The molecule has 1 aliphatic carbocycles. The maximum atomic E-state index is 12.5. The first-order valence-electron chi connectivity index (χ1n) is 15.0. The largest absolute Gasteiger partial charge is 0.472 e. The van der Waals surface area contributed by atoms with Crippen molar-refractivity contribution in [2.24, 2.45) is 0 Å². The standard InChI is InChI=1S/C28H51O13P/c1-3-5-7-8-9-10-11-12-13-14-15-17-22(30)40-20(18-38-21(29)16-6-4-2)19-39-42(36,37)41-28-26(34)24(32)23(31)25(33)27(28)35/h8-9,20,23-28,31-35H,3-7,10-19H2,1-2H3,(H,36,37)/b9-8-. The molecule has 0 aromatic carbocycles. The molecule has 1 aliphatic rings. The molecular weight excluding hydrogens is 575 g/mol. The number of phosphoric acid groups is 1. The van der Waals surface area contributed by atoms with Crippen LogP contribution in [0, 0.1) is 0 Å². The number of hydrogen-bond donors (Lipinski definition) is 6. The average molecular weight is 627 g/mol. The van der Waals surface area contributed by atoms with Crippen LogP contribution in [0.4, 0.5) is 0 Å². The summed E-state index contributed by atoms with van der Waals surface area (Å²) < 4.78 is 32.6. The van der Waals surface area contributed by atoms with Crippen LogP contribution in [0.5, 0.6) is 0 Å². The normalized spacial score (nSPS) is 26.6. The van der Waals surface area contributed by atoms with Gasteiger partial charge in [-0.05, 0) is 32.1 Å². The highest BCUT2D eigenvalue weighted by atomic mass is 31.2. The summed E-state index contributed by atoms with van der Waals surface area (Å²) >= 11 is 0. The second-order valence-corrected chi connectivity index (χ2v) is 12.0. The summed E-state index contributed by atoms with van der Waals surface area (Å²) in [5, 5.41) is 49.4. The predicted molar refractivity (Wildman–Crippen MR) is 152 cm³/mol. The number of aliphatic hydroxyl groups is 5. The Labute approximate surface area is 248 Å². The number of hydrogen-bond acceptors (Lipinski definition) is 12. The minimum atomic E-state index is -5.08. The number of rotatable bonds is 22. The topological polar surface area (TPSA) is 210 Å². The van der Waals surface area contributed by atoms with Gasteiger partial charge in [0.15, 0.2) is 6.10 Å². The zero-order chi connectivity index (χ0) is 31.5. The van der Waals surface area contributed by atoms with E-state index in [2.05, 4.69) is 19.1 Å². The van der Waals surface area contributed by atoms with Crippen molar-refractivity contribution in [3.05, 3.63) is 12.2 Å². The van der Waals surface area contributed by atoms with Crippen LogP contribution in [-0.4, -0.2) is 98.3 Å². The van der Waals surface area contributed by atoms with E-state index in [1.165, 1.54) is 12.8 Å². The number of unbranched alkanes of at least 4 members (excludes halogenated alkanes) is 8. The Kier molecular flexibility index (Phi) is 19.6. The first-order valence-corrected chi connectivity index (χ1v) is 16.5. The van der Waals surface area contributed by atoms with E-state index in [0.29, 0.717) is 12.8 Å². The van der Waals surface area contributed by atoms with Gasteiger partial charge in [-0.25, -0.2) is 4.57 Å². The molecule has 0 radical (unpaired) electrons. The number of carbonyl (C=O) groups excluding carboxylic acids is 2. The number of aliphatic hydroxyl groups excluding tert-OH is 5. The second kappa shape index (κ2) is 21.3. The third-order valence-corrected chi connectivity index (χ3v) is 7.84. The minimum Gasteiger partial charge on any atom is -0.462 e. The molecule has 0 saturated heterocycles. The van der Waals surface area contributed by atoms with Crippen LogP contribution in [0.3, 0.4) is 0 Å². The molecule has 0 bridgehead atoms. The molecule has 6 atom stereocenters. The number of ether oxygens (including phenoxy) is 2.